The van der Waals surface area contributed by atoms with E-state index in [0.29, 0.717) is 141 Å². The van der Waals surface area contributed by atoms with E-state index >= 15 is 0 Å². The van der Waals surface area contributed by atoms with Gasteiger partial charge in [0.2, 0.25) is 17.7 Å². The summed E-state index contributed by atoms with van der Waals surface area (Å²) < 4.78 is 76.6. The summed E-state index contributed by atoms with van der Waals surface area (Å²) in [6.45, 7) is 9.96. The number of hydrogen-bond donors (Lipinski definition) is 12. The van der Waals surface area contributed by atoms with Crippen LogP contribution in [0.25, 0.3) is 0 Å². The molecule has 4 heterocycles. The Bertz CT molecular complexity index is 2650. The highest BCUT2D eigenvalue weighted by atomic mass is 31.2. The Morgan fingerprint density at radius 3 is 1.14 bits per heavy atom. The summed E-state index contributed by atoms with van der Waals surface area (Å²) in [4.78, 5) is 107. The lowest BCUT2D eigenvalue weighted by Gasteiger charge is -2.40. The molecule has 33 nitrogen and oxygen atoms in total. The molecule has 16 unspecified atom stereocenters. The van der Waals surface area contributed by atoms with Crippen LogP contribution >= 0.6 is 7.60 Å². The van der Waals surface area contributed by atoms with Gasteiger partial charge in [-0.15, -0.1) is 0 Å². The molecule has 4 saturated heterocycles. The second-order valence-electron chi connectivity index (χ2n) is 33.3. The first-order valence-electron chi connectivity index (χ1n) is 43.9. The SMILES string of the molecule is CC(C)OP(C)(=O)OC[C@@H]1C[C@@H](O)CN1C(=O)CCCCCCCCCCC(=O)CC(COCCC(=O)CCCCCC(=O)CCCCOC1OC(CO)C(O)C(O)C1C)(COCCC(=O)CCCCCC(=O)CCCCOC1OC(CO)C(O)C(O)C1C)COCCC(=O)NCCCNC(=O)CCCCOC1OC(CO)C(O)C(O)C1C. The minimum absolute atomic E-state index is 0.0103. The first-order valence-corrected chi connectivity index (χ1v) is 45.9. The molecule has 4 aliphatic rings. The number of hydrogen-bond acceptors (Lipinski definition) is 30. The van der Waals surface area contributed by atoms with Gasteiger partial charge in [0.25, 0.3) is 0 Å². The van der Waals surface area contributed by atoms with Crippen LogP contribution in [-0.4, -0.2) is 307 Å². The fourth-order valence-electron chi connectivity index (χ4n) is 14.9. The third-order valence-corrected chi connectivity index (χ3v) is 23.7. The van der Waals surface area contributed by atoms with Crippen LogP contribution in [0.15, 0.2) is 0 Å². The van der Waals surface area contributed by atoms with Gasteiger partial charge < -0.3 is 118 Å². The van der Waals surface area contributed by atoms with E-state index in [-0.39, 0.29) is 183 Å². The fraction of sp³-hybridized carbons (Fsp3) is 0.905. The number of ether oxygens (including phenoxy) is 9. The number of nitrogens with one attached hydrogen (secondary N) is 2. The maximum atomic E-state index is 14.2. The third kappa shape index (κ3) is 43.2. The topological polar surface area (TPSA) is 485 Å². The highest BCUT2D eigenvalue weighted by Crippen LogP contribution is 2.46. The quantitative estimate of drug-likeness (QED) is 0.0250. The smallest absolute Gasteiger partial charge is 0.327 e. The van der Waals surface area contributed by atoms with Crippen molar-refractivity contribution in [3.05, 3.63) is 0 Å². The van der Waals surface area contributed by atoms with E-state index < -0.39 is 137 Å². The van der Waals surface area contributed by atoms with E-state index in [1.165, 1.54) is 6.66 Å². The van der Waals surface area contributed by atoms with Crippen molar-refractivity contribution in [2.24, 2.45) is 23.2 Å². The Balaban J connectivity index is 1.29. The number of carbonyl (C=O) groups is 8. The lowest BCUT2D eigenvalue weighted by Crippen LogP contribution is -2.55. The maximum Gasteiger partial charge on any atom is 0.327 e. The van der Waals surface area contributed by atoms with Gasteiger partial charge in [-0.1, -0.05) is 72.1 Å². The molecule has 0 radical (unpaired) electrons. The van der Waals surface area contributed by atoms with Crippen LogP contribution in [0, 0.1) is 23.2 Å². The van der Waals surface area contributed by atoms with Crippen molar-refractivity contribution >= 4 is 54.2 Å². The summed E-state index contributed by atoms with van der Waals surface area (Å²) in [6.07, 6.45) is 3.94. The Morgan fingerprint density at radius 2 is 0.754 bits per heavy atom. The molecule has 18 atom stereocenters. The fourth-order valence-corrected chi connectivity index (χ4v) is 16.2. The number of nitrogens with zero attached hydrogens (tertiary/aromatic N) is 1. The molecule has 686 valence electrons. The third-order valence-electron chi connectivity index (χ3n) is 22.3. The van der Waals surface area contributed by atoms with Crippen molar-refractivity contribution in [2.75, 3.05) is 112 Å². The van der Waals surface area contributed by atoms with Gasteiger partial charge in [0.05, 0.1) is 103 Å². The Hall–Kier alpha value is -3.85. The van der Waals surface area contributed by atoms with Gasteiger partial charge in [0.1, 0.15) is 65.5 Å². The molecule has 0 spiro atoms. The Morgan fingerprint density at radius 1 is 0.424 bits per heavy atom. The predicted octanol–water partition coefficient (Wildman–Crippen LogP) is 5.87. The summed E-state index contributed by atoms with van der Waals surface area (Å²) in [7, 11) is -3.33. The average Bonchev–Trinajstić information content (AvgIpc) is 1.28. The molecule has 0 aliphatic carbocycles. The zero-order valence-corrected chi connectivity index (χ0v) is 72.4. The van der Waals surface area contributed by atoms with Gasteiger partial charge in [-0.3, -0.25) is 42.9 Å². The number of likely N-dealkylation sites (tertiary alicyclic amines) is 1. The maximum absolute atomic E-state index is 14.2. The largest absolute Gasteiger partial charge is 0.394 e. The van der Waals surface area contributed by atoms with E-state index in [4.69, 9.17) is 51.7 Å². The van der Waals surface area contributed by atoms with Crippen molar-refractivity contribution in [1.29, 1.82) is 0 Å². The van der Waals surface area contributed by atoms with E-state index in [1.807, 2.05) is 0 Å². The number of amides is 3. The van der Waals surface area contributed by atoms with Crippen LogP contribution in [0.5, 0.6) is 0 Å². The number of Topliss-reactive ketones (excluding diaryl/α,β-unsaturated/α-hetero) is 5. The zero-order chi connectivity index (χ0) is 86.8. The summed E-state index contributed by atoms with van der Waals surface area (Å²) in [6, 6.07) is -0.396. The van der Waals surface area contributed by atoms with Crippen molar-refractivity contribution < 1.29 is 146 Å². The lowest BCUT2D eigenvalue weighted by atomic mass is 9.83. The monoisotopic (exact) mass is 1710 g/mol. The molecule has 0 saturated carbocycles. The summed E-state index contributed by atoms with van der Waals surface area (Å²) >= 11 is 0. The van der Waals surface area contributed by atoms with E-state index in [2.05, 4.69) is 10.6 Å². The molecule has 118 heavy (non-hydrogen) atoms. The molecule has 34 heteroatoms. The molecule has 4 rings (SSSR count). The molecule has 12 N–H and O–H groups in total. The molecule has 0 aromatic heterocycles. The number of ketones is 5. The van der Waals surface area contributed by atoms with Gasteiger partial charge in [0.15, 0.2) is 18.9 Å². The second-order valence-corrected chi connectivity index (χ2v) is 35.3. The normalized spacial score (nSPS) is 26.4. The standard InChI is InChI=1S/C84H150N3O30P/c1-58(2)117-118(6,106)113-54-62-48-68(96)50-87(62)74(99)36-20-12-10-8-7-9-11-15-34-67(95)49-84(55-107-45-37-65(93)30-18-13-16-28-63(91)32-21-24-42-110-81-59(3)75(100)78(103)69(51-88)114-81,56-108-46-38-66(94)31-19-14-17-29-64(92)33-22-25-43-111-82-60(4)76(101)79(104)70(52-89)115-82)57-109-47-39-73(98)86-41-27-40-85-72(97)35-23-26-44-112-83-61(5)77(102)80(105)71(53-90)116-83/h58-62,68-71,75-83,88-90,96,100-105H,7-57H2,1-6H3,(H,85,97)(H,86,98)/t59?,60?,61?,62-,68+,69?,70?,71?,75?,76?,77?,78?,79?,80?,81?,82?,83?,84?,118?/m0/s1. The van der Waals surface area contributed by atoms with Crippen molar-refractivity contribution in [3.63, 3.8) is 0 Å². The average molecular weight is 1710 g/mol. The van der Waals surface area contributed by atoms with Gasteiger partial charge in [-0.25, -0.2) is 0 Å². The van der Waals surface area contributed by atoms with Crippen LogP contribution < -0.4 is 10.6 Å². The van der Waals surface area contributed by atoms with Crippen molar-refractivity contribution in [1.82, 2.24) is 15.5 Å². The van der Waals surface area contributed by atoms with Crippen LogP contribution in [0.2, 0.25) is 0 Å². The Labute approximate surface area is 699 Å². The predicted molar refractivity (Wildman–Crippen MR) is 433 cm³/mol. The van der Waals surface area contributed by atoms with E-state index in [9.17, 15) is 94.0 Å². The number of unbranched alkanes of at least 4 members (excludes halogenated alkanes) is 14. The van der Waals surface area contributed by atoms with Crippen molar-refractivity contribution in [2.45, 2.75) is 351 Å². The van der Waals surface area contributed by atoms with Crippen LogP contribution in [0.4, 0.5) is 0 Å². The van der Waals surface area contributed by atoms with Gasteiger partial charge >= 0.3 is 7.60 Å². The molecule has 0 bridgehead atoms. The summed E-state index contributed by atoms with van der Waals surface area (Å²) in [5, 5.41) is 106. The number of carbonyl (C=O) groups excluding carboxylic acids is 8. The van der Waals surface area contributed by atoms with Crippen LogP contribution in [-0.2, 0) is 94.6 Å². The lowest BCUT2D eigenvalue weighted by molar-refractivity contribution is -0.282. The molecular formula is C84H150N3O30P. The van der Waals surface area contributed by atoms with Crippen LogP contribution in [0.1, 0.15) is 259 Å². The molecular weight excluding hydrogens is 1560 g/mol. The number of rotatable bonds is 70. The van der Waals surface area contributed by atoms with Gasteiger partial charge in [-0.2, -0.15) is 0 Å². The molecule has 0 aromatic carbocycles. The second kappa shape index (κ2) is 60.7. The minimum Gasteiger partial charge on any atom is -0.394 e. The number of aliphatic hydroxyl groups excluding tert-OH is 10. The van der Waals surface area contributed by atoms with Gasteiger partial charge in [0, 0.05) is 153 Å². The zero-order valence-electron chi connectivity index (χ0n) is 71.5. The molecule has 4 fully saturated rings. The first-order chi connectivity index (χ1) is 56.4. The summed E-state index contributed by atoms with van der Waals surface area (Å²) in [5.41, 5.74) is -1.10. The highest BCUT2D eigenvalue weighted by molar-refractivity contribution is 7.53. The molecule has 4 aliphatic heterocycles. The number of β-amino-alcohol motifs (C(OH)–C–C–N with tert-alkyl or cyclic N) is 1. The molecule has 0 aromatic rings. The summed E-state index contributed by atoms with van der Waals surface area (Å²) in [5.74, 6) is -2.09. The van der Waals surface area contributed by atoms with E-state index in [1.54, 1.807) is 39.5 Å². The molecule has 3 amide bonds. The number of aliphatic hydroxyl groups is 10. The van der Waals surface area contributed by atoms with Gasteiger partial charge in [-0.05, 0) is 104 Å². The first kappa shape index (κ1) is 106. The van der Waals surface area contributed by atoms with Crippen molar-refractivity contribution in [3.8, 4) is 0 Å². The Kier molecular flexibility index (Phi) is 54.8. The minimum atomic E-state index is -3.33. The van der Waals surface area contributed by atoms with Crippen LogP contribution in [0.3, 0.4) is 0 Å². The van der Waals surface area contributed by atoms with E-state index in [0.717, 1.165) is 38.5 Å². The highest BCUT2D eigenvalue weighted by Gasteiger charge is 2.46.